The molecule has 0 nitrogen and oxygen atoms in total. The number of hydrogen-bond acceptors (Lipinski definition) is 2. The third-order valence-electron chi connectivity index (χ3n) is 2.06. The Morgan fingerprint density at radius 3 is 2.50 bits per heavy atom. The molecule has 0 aliphatic rings. The minimum absolute atomic E-state index is 0.615. The molecular weight excluding hydrogens is 246 g/mol. The Balaban J connectivity index is 2.03. The lowest BCUT2D eigenvalue weighted by molar-refractivity contribution is 0.252. The summed E-state index contributed by atoms with van der Waals surface area (Å²) in [6.45, 7) is 0. The second kappa shape index (κ2) is 5.46. The molecule has 1 aromatic carbocycles. The summed E-state index contributed by atoms with van der Waals surface area (Å²) >= 11 is 2.05. The van der Waals surface area contributed by atoms with Crippen LogP contribution in [0.25, 0.3) is 0 Å². The highest BCUT2D eigenvalue weighted by Gasteiger charge is 2.08. The van der Waals surface area contributed by atoms with Crippen LogP contribution in [0.4, 0.5) is 8.78 Å². The van der Waals surface area contributed by atoms with Crippen LogP contribution >= 0.6 is 23.1 Å². The Bertz CT molecular complexity index is 437. The zero-order valence-electron chi connectivity index (χ0n) is 8.40. The molecule has 2 rings (SSSR count). The van der Waals surface area contributed by atoms with Crippen molar-refractivity contribution in [1.82, 2.24) is 0 Å². The minimum atomic E-state index is -2.33. The van der Waals surface area contributed by atoms with Gasteiger partial charge in [0.2, 0.25) is 0 Å². The van der Waals surface area contributed by atoms with E-state index < -0.39 is 5.76 Å². The third kappa shape index (κ3) is 3.32. The maximum absolute atomic E-state index is 12.1. The molecule has 0 radical (unpaired) electrons. The molecule has 0 aliphatic carbocycles. The molecule has 0 N–H and O–H groups in total. The van der Waals surface area contributed by atoms with E-state index in [1.807, 2.05) is 36.4 Å². The lowest BCUT2D eigenvalue weighted by Gasteiger charge is -1.97. The molecular formula is C12H10F2S2. The Labute approximate surface area is 101 Å². The highest BCUT2D eigenvalue weighted by Crippen LogP contribution is 2.32. The fourth-order valence-corrected chi connectivity index (χ4v) is 3.22. The van der Waals surface area contributed by atoms with Crippen molar-refractivity contribution in [2.45, 2.75) is 16.4 Å². The van der Waals surface area contributed by atoms with Gasteiger partial charge in [0.05, 0.1) is 4.21 Å². The first-order valence-corrected chi connectivity index (χ1v) is 6.51. The lowest BCUT2D eigenvalue weighted by atomic mass is 10.1. The molecule has 2 aromatic rings. The summed E-state index contributed by atoms with van der Waals surface area (Å²) in [6, 6.07) is 13.7. The summed E-state index contributed by atoms with van der Waals surface area (Å²) in [7, 11) is 0. The Kier molecular flexibility index (Phi) is 3.96. The van der Waals surface area contributed by atoms with Crippen molar-refractivity contribution in [2.75, 3.05) is 0 Å². The average Bonchev–Trinajstić information content (AvgIpc) is 2.66. The van der Waals surface area contributed by atoms with Crippen molar-refractivity contribution < 1.29 is 8.78 Å². The van der Waals surface area contributed by atoms with E-state index in [4.69, 9.17) is 0 Å². The van der Waals surface area contributed by atoms with E-state index in [-0.39, 0.29) is 0 Å². The second-order valence-electron chi connectivity index (χ2n) is 3.26. The van der Waals surface area contributed by atoms with Gasteiger partial charge in [-0.05, 0) is 29.5 Å². The predicted octanol–water partition coefficient (Wildman–Crippen LogP) is 4.65. The SMILES string of the molecule is FC(F)Sc1ccc(Cc2ccccc2)s1. The summed E-state index contributed by atoms with van der Waals surface area (Å²) in [4.78, 5) is 1.12. The molecule has 1 aromatic heterocycles. The second-order valence-corrected chi connectivity index (χ2v) is 5.72. The van der Waals surface area contributed by atoms with Crippen LogP contribution in [-0.4, -0.2) is 5.76 Å². The average molecular weight is 256 g/mol. The number of halogens is 2. The van der Waals surface area contributed by atoms with Crippen molar-refractivity contribution in [3.63, 3.8) is 0 Å². The molecule has 0 unspecified atom stereocenters. The topological polar surface area (TPSA) is 0 Å². The zero-order valence-corrected chi connectivity index (χ0v) is 10.0. The summed E-state index contributed by atoms with van der Waals surface area (Å²) in [5.41, 5.74) is 1.21. The van der Waals surface area contributed by atoms with Crippen LogP contribution in [0.1, 0.15) is 10.4 Å². The Morgan fingerprint density at radius 2 is 1.81 bits per heavy atom. The van der Waals surface area contributed by atoms with Crippen LogP contribution in [0.5, 0.6) is 0 Å². The largest absolute Gasteiger partial charge is 0.289 e. The quantitative estimate of drug-likeness (QED) is 0.717. The van der Waals surface area contributed by atoms with E-state index in [0.717, 1.165) is 11.3 Å². The molecule has 0 fully saturated rings. The van der Waals surface area contributed by atoms with Gasteiger partial charge >= 0.3 is 0 Å². The van der Waals surface area contributed by atoms with E-state index in [2.05, 4.69) is 0 Å². The van der Waals surface area contributed by atoms with Gasteiger partial charge in [-0.25, -0.2) is 0 Å². The van der Waals surface area contributed by atoms with Gasteiger partial charge in [-0.1, -0.05) is 30.3 Å². The maximum Gasteiger partial charge on any atom is 0.289 e. The van der Waals surface area contributed by atoms with Gasteiger partial charge in [0.1, 0.15) is 0 Å². The fourth-order valence-electron chi connectivity index (χ4n) is 1.40. The van der Waals surface area contributed by atoms with Gasteiger partial charge in [-0.15, -0.1) is 11.3 Å². The number of hydrogen-bond donors (Lipinski definition) is 0. The summed E-state index contributed by atoms with van der Waals surface area (Å²) < 4.78 is 24.9. The Hall–Kier alpha value is -0.870. The summed E-state index contributed by atoms with van der Waals surface area (Å²) in [6.07, 6.45) is 0.815. The number of rotatable bonds is 4. The van der Waals surface area contributed by atoms with E-state index >= 15 is 0 Å². The predicted molar refractivity (Wildman–Crippen MR) is 65.4 cm³/mol. The van der Waals surface area contributed by atoms with Crippen molar-refractivity contribution in [1.29, 1.82) is 0 Å². The van der Waals surface area contributed by atoms with Gasteiger partial charge in [-0.3, -0.25) is 0 Å². The van der Waals surface area contributed by atoms with E-state index in [0.29, 0.717) is 16.0 Å². The molecule has 0 aliphatic heterocycles. The van der Waals surface area contributed by atoms with Gasteiger partial charge in [-0.2, -0.15) is 8.78 Å². The zero-order chi connectivity index (χ0) is 11.4. The molecule has 84 valence electrons. The summed E-state index contributed by atoms with van der Waals surface area (Å²) in [5.74, 6) is -2.33. The van der Waals surface area contributed by atoms with Crippen molar-refractivity contribution in [3.8, 4) is 0 Å². The number of benzene rings is 1. The first-order valence-electron chi connectivity index (χ1n) is 4.81. The summed E-state index contributed by atoms with van der Waals surface area (Å²) in [5, 5.41) is 0. The molecule has 0 saturated heterocycles. The molecule has 16 heavy (non-hydrogen) atoms. The molecule has 0 amide bonds. The highest BCUT2D eigenvalue weighted by atomic mass is 32.2. The minimum Gasteiger partial charge on any atom is -0.198 e. The molecule has 4 heteroatoms. The van der Waals surface area contributed by atoms with E-state index in [9.17, 15) is 8.78 Å². The highest BCUT2D eigenvalue weighted by molar-refractivity contribution is 8.01. The van der Waals surface area contributed by atoms with Crippen molar-refractivity contribution >= 4 is 23.1 Å². The van der Waals surface area contributed by atoms with Crippen LogP contribution in [0.2, 0.25) is 0 Å². The van der Waals surface area contributed by atoms with Crippen molar-refractivity contribution in [3.05, 3.63) is 52.9 Å². The van der Waals surface area contributed by atoms with Crippen LogP contribution < -0.4 is 0 Å². The van der Waals surface area contributed by atoms with Crippen LogP contribution in [0.15, 0.2) is 46.7 Å². The fraction of sp³-hybridized carbons (Fsp3) is 0.167. The smallest absolute Gasteiger partial charge is 0.198 e. The van der Waals surface area contributed by atoms with E-state index in [1.165, 1.54) is 16.9 Å². The monoisotopic (exact) mass is 256 g/mol. The standard InChI is InChI=1S/C12H10F2S2/c13-12(14)16-11-7-6-10(15-11)8-9-4-2-1-3-5-9/h1-7,12H,8H2. The first kappa shape index (κ1) is 11.6. The first-order chi connectivity index (χ1) is 7.74. The normalized spacial score (nSPS) is 10.9. The number of thiophene rings is 1. The van der Waals surface area contributed by atoms with Crippen LogP contribution in [0, 0.1) is 0 Å². The third-order valence-corrected chi connectivity index (χ3v) is 4.03. The van der Waals surface area contributed by atoms with Gasteiger partial charge in [0, 0.05) is 11.3 Å². The van der Waals surface area contributed by atoms with Gasteiger partial charge in [0.15, 0.2) is 0 Å². The molecule has 1 heterocycles. The Morgan fingerprint density at radius 1 is 1.06 bits per heavy atom. The molecule has 0 spiro atoms. The molecule has 0 atom stereocenters. The lowest BCUT2D eigenvalue weighted by Crippen LogP contribution is -1.82. The van der Waals surface area contributed by atoms with Crippen LogP contribution in [0.3, 0.4) is 0 Å². The maximum atomic E-state index is 12.1. The number of alkyl halides is 2. The molecule has 0 bridgehead atoms. The van der Waals surface area contributed by atoms with Crippen LogP contribution in [-0.2, 0) is 6.42 Å². The van der Waals surface area contributed by atoms with Gasteiger partial charge in [0.25, 0.3) is 5.76 Å². The van der Waals surface area contributed by atoms with Gasteiger partial charge < -0.3 is 0 Å². The van der Waals surface area contributed by atoms with Crippen molar-refractivity contribution in [2.24, 2.45) is 0 Å². The molecule has 0 saturated carbocycles. The number of thioether (sulfide) groups is 1. The van der Waals surface area contributed by atoms with E-state index in [1.54, 1.807) is 6.07 Å².